The zero-order valence-electron chi connectivity index (χ0n) is 9.87. The van der Waals surface area contributed by atoms with Gasteiger partial charge in [0.2, 0.25) is 0 Å². The van der Waals surface area contributed by atoms with Gasteiger partial charge >= 0.3 is 29.6 Å². The number of para-hydroxylation sites is 1. The molecule has 0 atom stereocenters. The van der Waals surface area contributed by atoms with Crippen molar-refractivity contribution >= 4 is 23.0 Å². The molecule has 0 aromatic heterocycles. The van der Waals surface area contributed by atoms with E-state index in [1.165, 1.54) is 5.56 Å². The molecule has 72 valence electrons. The van der Waals surface area contributed by atoms with Crippen molar-refractivity contribution in [3.8, 4) is 0 Å². The standard InChI is InChI=1S/C10H14N2S.Na.H/c1-7(2)8-5-3-4-6-9(8)12-10(11)13;;/h3-7H,1-2H3,(H3,11,12,13);;/q;+1;-1. The second-order valence-electron chi connectivity index (χ2n) is 3.23. The molecule has 1 aromatic rings. The number of benzene rings is 1. The summed E-state index contributed by atoms with van der Waals surface area (Å²) in [4.78, 5) is 0. The van der Waals surface area contributed by atoms with E-state index in [-0.39, 0.29) is 31.0 Å². The smallest absolute Gasteiger partial charge is 1.00 e. The molecule has 14 heavy (non-hydrogen) atoms. The third-order valence-electron chi connectivity index (χ3n) is 1.84. The van der Waals surface area contributed by atoms with Crippen molar-refractivity contribution in [2.75, 3.05) is 5.32 Å². The van der Waals surface area contributed by atoms with Gasteiger partial charge in [-0.2, -0.15) is 0 Å². The Labute approximate surface area is 114 Å². The Kier molecular flexibility index (Phi) is 6.36. The minimum Gasteiger partial charge on any atom is -1.00 e. The quantitative estimate of drug-likeness (QED) is 0.523. The fraction of sp³-hybridized carbons (Fsp3) is 0.300. The van der Waals surface area contributed by atoms with Gasteiger partial charge in [0.25, 0.3) is 0 Å². The molecule has 0 radical (unpaired) electrons. The minimum absolute atomic E-state index is 0. The third kappa shape index (κ3) is 3.96. The number of hydrogen-bond acceptors (Lipinski definition) is 1. The Hall–Kier alpha value is -0.0900. The van der Waals surface area contributed by atoms with Crippen LogP contribution in [0.1, 0.15) is 26.8 Å². The molecule has 0 aliphatic heterocycles. The molecule has 0 amide bonds. The first kappa shape index (κ1) is 13.9. The maximum atomic E-state index is 5.41. The Bertz CT molecular complexity index is 318. The van der Waals surface area contributed by atoms with Crippen LogP contribution in [0.5, 0.6) is 0 Å². The van der Waals surface area contributed by atoms with Gasteiger partial charge in [0.05, 0.1) is 0 Å². The predicted octanol–water partition coefficient (Wildman–Crippen LogP) is -0.418. The van der Waals surface area contributed by atoms with E-state index in [2.05, 4.69) is 25.2 Å². The molecule has 1 rings (SSSR count). The van der Waals surface area contributed by atoms with E-state index in [1.807, 2.05) is 18.2 Å². The molecular weight excluding hydrogens is 203 g/mol. The van der Waals surface area contributed by atoms with Crippen molar-refractivity contribution in [3.63, 3.8) is 0 Å². The van der Waals surface area contributed by atoms with Gasteiger partial charge in [0, 0.05) is 5.69 Å². The minimum atomic E-state index is 0. The van der Waals surface area contributed by atoms with Crippen LogP contribution in [0, 0.1) is 0 Å². The van der Waals surface area contributed by atoms with Crippen LogP contribution in [0.4, 0.5) is 5.69 Å². The van der Waals surface area contributed by atoms with E-state index in [0.29, 0.717) is 11.0 Å². The normalized spacial score (nSPS) is 9.36. The zero-order valence-corrected chi connectivity index (χ0v) is 11.7. The second kappa shape index (κ2) is 6.40. The molecule has 0 saturated carbocycles. The summed E-state index contributed by atoms with van der Waals surface area (Å²) in [6.45, 7) is 4.28. The van der Waals surface area contributed by atoms with E-state index in [4.69, 9.17) is 18.0 Å². The molecular formula is C10H15N2NaS. The van der Waals surface area contributed by atoms with Gasteiger partial charge in [0.1, 0.15) is 0 Å². The van der Waals surface area contributed by atoms with Gasteiger partial charge in [-0.1, -0.05) is 32.0 Å². The topological polar surface area (TPSA) is 38.0 Å². The first-order chi connectivity index (χ1) is 6.11. The Morgan fingerprint density at radius 2 is 2.00 bits per heavy atom. The number of thiocarbonyl (C=S) groups is 1. The summed E-state index contributed by atoms with van der Waals surface area (Å²) in [5, 5.41) is 3.28. The van der Waals surface area contributed by atoms with Gasteiger partial charge in [-0.15, -0.1) is 0 Å². The van der Waals surface area contributed by atoms with Crippen molar-refractivity contribution in [1.29, 1.82) is 0 Å². The van der Waals surface area contributed by atoms with Crippen molar-refractivity contribution in [1.82, 2.24) is 0 Å². The average Bonchev–Trinajstić information content (AvgIpc) is 2.03. The maximum absolute atomic E-state index is 5.41. The van der Waals surface area contributed by atoms with Crippen LogP contribution in [-0.2, 0) is 0 Å². The first-order valence-corrected chi connectivity index (χ1v) is 4.67. The Balaban J connectivity index is 0. The van der Waals surface area contributed by atoms with Crippen molar-refractivity contribution in [2.24, 2.45) is 5.73 Å². The van der Waals surface area contributed by atoms with Crippen LogP contribution in [-0.4, -0.2) is 5.11 Å². The second-order valence-corrected chi connectivity index (χ2v) is 3.67. The molecule has 0 bridgehead atoms. The van der Waals surface area contributed by atoms with E-state index < -0.39 is 0 Å². The van der Waals surface area contributed by atoms with Gasteiger partial charge in [-0.25, -0.2) is 0 Å². The molecule has 0 aliphatic rings. The van der Waals surface area contributed by atoms with Gasteiger partial charge in [0.15, 0.2) is 5.11 Å². The van der Waals surface area contributed by atoms with Crippen LogP contribution in [0.15, 0.2) is 24.3 Å². The summed E-state index contributed by atoms with van der Waals surface area (Å²) in [7, 11) is 0. The summed E-state index contributed by atoms with van der Waals surface area (Å²) in [5.74, 6) is 0.470. The van der Waals surface area contributed by atoms with E-state index >= 15 is 0 Å². The third-order valence-corrected chi connectivity index (χ3v) is 1.94. The average molecular weight is 218 g/mol. The van der Waals surface area contributed by atoms with Gasteiger partial charge in [-0.3, -0.25) is 0 Å². The fourth-order valence-corrected chi connectivity index (χ4v) is 1.36. The molecule has 2 nitrogen and oxygen atoms in total. The van der Waals surface area contributed by atoms with Crippen molar-refractivity contribution < 1.29 is 31.0 Å². The van der Waals surface area contributed by atoms with E-state index in [0.717, 1.165) is 5.69 Å². The molecule has 0 fully saturated rings. The summed E-state index contributed by atoms with van der Waals surface area (Å²) in [5.41, 5.74) is 7.65. The molecule has 4 heteroatoms. The number of nitrogens with one attached hydrogen (secondary N) is 1. The Morgan fingerprint density at radius 3 is 2.50 bits per heavy atom. The zero-order chi connectivity index (χ0) is 9.84. The van der Waals surface area contributed by atoms with Crippen LogP contribution >= 0.6 is 12.2 Å². The molecule has 3 N–H and O–H groups in total. The Morgan fingerprint density at radius 1 is 1.43 bits per heavy atom. The number of hydrogen-bond donors (Lipinski definition) is 2. The molecule has 0 saturated heterocycles. The van der Waals surface area contributed by atoms with Gasteiger partial charge < -0.3 is 12.5 Å². The van der Waals surface area contributed by atoms with Crippen molar-refractivity contribution in [2.45, 2.75) is 19.8 Å². The summed E-state index contributed by atoms with van der Waals surface area (Å²) in [6.07, 6.45) is 0. The first-order valence-electron chi connectivity index (χ1n) is 4.26. The largest absolute Gasteiger partial charge is 1.00 e. The monoisotopic (exact) mass is 218 g/mol. The fourth-order valence-electron chi connectivity index (χ4n) is 1.25. The summed E-state index contributed by atoms with van der Waals surface area (Å²) in [6, 6.07) is 8.03. The number of anilines is 1. The molecule has 0 unspecified atom stereocenters. The summed E-state index contributed by atoms with van der Waals surface area (Å²) >= 11 is 4.79. The van der Waals surface area contributed by atoms with Gasteiger partial charge in [-0.05, 0) is 29.8 Å². The van der Waals surface area contributed by atoms with Crippen LogP contribution < -0.4 is 40.6 Å². The molecule has 0 spiro atoms. The molecule has 0 heterocycles. The number of rotatable bonds is 2. The van der Waals surface area contributed by atoms with E-state index in [1.54, 1.807) is 0 Å². The SMILES string of the molecule is CC(C)c1ccccc1NC(N)=S.[H-].[Na+]. The predicted molar refractivity (Wildman–Crippen MR) is 62.1 cm³/mol. The summed E-state index contributed by atoms with van der Waals surface area (Å²) < 4.78 is 0. The van der Waals surface area contributed by atoms with Crippen molar-refractivity contribution in [3.05, 3.63) is 29.8 Å². The molecule has 1 aromatic carbocycles. The van der Waals surface area contributed by atoms with Crippen LogP contribution in [0.2, 0.25) is 0 Å². The maximum Gasteiger partial charge on any atom is 1.00 e. The van der Waals surface area contributed by atoms with Crippen LogP contribution in [0.25, 0.3) is 0 Å². The number of nitrogens with two attached hydrogens (primary N) is 1. The molecule has 0 aliphatic carbocycles. The van der Waals surface area contributed by atoms with Crippen LogP contribution in [0.3, 0.4) is 0 Å². The van der Waals surface area contributed by atoms with E-state index in [9.17, 15) is 0 Å².